The Morgan fingerprint density at radius 3 is 2.63 bits per heavy atom. The lowest BCUT2D eigenvalue weighted by molar-refractivity contribution is -0.138. The van der Waals surface area contributed by atoms with E-state index in [0.717, 1.165) is 0 Å². The number of halogens is 3. The van der Waals surface area contributed by atoms with Crippen LogP contribution >= 0.6 is 0 Å². The van der Waals surface area contributed by atoms with Crippen LogP contribution in [0.15, 0.2) is 29.2 Å². The molecule has 1 aromatic heterocycles. The fraction of sp³-hybridized carbons (Fsp3) is 0.565. The fourth-order valence-corrected chi connectivity index (χ4v) is 6.76. The molecule has 1 atom stereocenters. The van der Waals surface area contributed by atoms with Gasteiger partial charge in [-0.05, 0) is 25.5 Å². The van der Waals surface area contributed by atoms with Crippen molar-refractivity contribution < 1.29 is 31.1 Å². The van der Waals surface area contributed by atoms with Crippen LogP contribution in [0.2, 0.25) is 0 Å². The third kappa shape index (κ3) is 4.83. The molecule has 0 N–H and O–H groups in total. The molecule has 1 amide bonds. The maximum absolute atomic E-state index is 13.4. The van der Waals surface area contributed by atoms with Crippen molar-refractivity contribution >= 4 is 15.7 Å². The van der Waals surface area contributed by atoms with E-state index in [-0.39, 0.29) is 34.8 Å². The second kappa shape index (κ2) is 9.21. The lowest BCUT2D eigenvalue weighted by Gasteiger charge is -2.34. The van der Waals surface area contributed by atoms with Crippen LogP contribution < -0.4 is 0 Å². The molecule has 2 fully saturated rings. The second-order valence-corrected chi connectivity index (χ2v) is 11.2. The van der Waals surface area contributed by atoms with Gasteiger partial charge in [0.15, 0.2) is 15.5 Å². The Hall–Kier alpha value is -2.44. The van der Waals surface area contributed by atoms with Crippen LogP contribution in [0.5, 0.6) is 0 Å². The number of hydrogen-bond acceptors (Lipinski definition) is 6. The van der Waals surface area contributed by atoms with Gasteiger partial charge in [0.1, 0.15) is 0 Å². The van der Waals surface area contributed by atoms with Crippen LogP contribution in [0.25, 0.3) is 11.3 Å². The standard InChI is InChI=1S/C23H27F3N4O4S/c24-23(25,26)7-9-28-8-3-4-16(14-28)30-21-17-5-1-2-6-19(17)35(32,33)15-18(21)20(27-30)22(31)29-10-12-34-13-11-29/h1-2,5-6,16H,3-4,7-15H2. The predicted molar refractivity (Wildman–Crippen MR) is 121 cm³/mol. The van der Waals surface area contributed by atoms with Crippen molar-refractivity contribution in [1.82, 2.24) is 19.6 Å². The van der Waals surface area contributed by atoms with Crippen molar-refractivity contribution in [2.75, 3.05) is 45.9 Å². The van der Waals surface area contributed by atoms with Gasteiger partial charge < -0.3 is 14.5 Å². The summed E-state index contributed by atoms with van der Waals surface area (Å²) in [7, 11) is -3.68. The molecule has 190 valence electrons. The minimum absolute atomic E-state index is 0.103. The molecule has 0 spiro atoms. The minimum Gasteiger partial charge on any atom is -0.378 e. The lowest BCUT2D eigenvalue weighted by Crippen LogP contribution is -2.41. The number of sulfone groups is 1. The third-order valence-corrected chi connectivity index (χ3v) is 8.55. The summed E-state index contributed by atoms with van der Waals surface area (Å²) in [5.41, 5.74) is 1.53. The quantitative estimate of drug-likeness (QED) is 0.627. The number of carbonyl (C=O) groups excluding carboxylic acids is 1. The van der Waals surface area contributed by atoms with Crippen LogP contribution in [0.4, 0.5) is 13.2 Å². The van der Waals surface area contributed by atoms with Crippen LogP contribution in [-0.2, 0) is 20.3 Å². The molecule has 1 unspecified atom stereocenters. The Morgan fingerprint density at radius 2 is 1.89 bits per heavy atom. The van der Waals surface area contributed by atoms with Crippen molar-refractivity contribution in [3.8, 4) is 11.3 Å². The van der Waals surface area contributed by atoms with Crippen molar-refractivity contribution in [2.24, 2.45) is 0 Å². The second-order valence-electron chi connectivity index (χ2n) is 9.24. The number of hydrogen-bond donors (Lipinski definition) is 0. The van der Waals surface area contributed by atoms with E-state index < -0.39 is 22.4 Å². The highest BCUT2D eigenvalue weighted by Gasteiger charge is 2.39. The molecule has 0 saturated carbocycles. The molecule has 2 saturated heterocycles. The smallest absolute Gasteiger partial charge is 0.378 e. The van der Waals surface area contributed by atoms with Gasteiger partial charge in [-0.2, -0.15) is 18.3 Å². The van der Waals surface area contributed by atoms with Crippen LogP contribution in [0.1, 0.15) is 41.4 Å². The highest BCUT2D eigenvalue weighted by Crippen LogP contribution is 2.42. The number of piperidine rings is 1. The molecule has 12 heteroatoms. The van der Waals surface area contributed by atoms with E-state index in [1.165, 1.54) is 0 Å². The molecule has 1 aromatic carbocycles. The normalized spacial score (nSPS) is 22.5. The summed E-state index contributed by atoms with van der Waals surface area (Å²) in [6.07, 6.45) is -3.76. The number of likely N-dealkylation sites (tertiary alicyclic amines) is 1. The average molecular weight is 513 g/mol. The summed E-state index contributed by atoms with van der Waals surface area (Å²) in [6, 6.07) is 6.37. The Labute approximate surface area is 201 Å². The largest absolute Gasteiger partial charge is 0.390 e. The Balaban J connectivity index is 1.56. The number of ether oxygens (including phenoxy) is 1. The van der Waals surface area contributed by atoms with E-state index in [4.69, 9.17) is 4.74 Å². The highest BCUT2D eigenvalue weighted by atomic mass is 32.2. The summed E-state index contributed by atoms with van der Waals surface area (Å²) in [5.74, 6) is -0.683. The van der Waals surface area contributed by atoms with Gasteiger partial charge in [-0.3, -0.25) is 9.48 Å². The molecule has 35 heavy (non-hydrogen) atoms. The van der Waals surface area contributed by atoms with E-state index in [1.54, 1.807) is 38.7 Å². The van der Waals surface area contributed by atoms with Crippen molar-refractivity contribution in [1.29, 1.82) is 0 Å². The molecular weight excluding hydrogens is 485 g/mol. The van der Waals surface area contributed by atoms with Crippen LogP contribution in [0, 0.1) is 0 Å². The predicted octanol–water partition coefficient (Wildman–Crippen LogP) is 2.90. The number of nitrogens with zero attached hydrogens (tertiary/aromatic N) is 4. The number of morpholine rings is 1. The van der Waals surface area contributed by atoms with Crippen LogP contribution in [-0.4, -0.2) is 86.0 Å². The number of amides is 1. The van der Waals surface area contributed by atoms with Gasteiger partial charge in [0, 0.05) is 37.3 Å². The average Bonchev–Trinajstić information content (AvgIpc) is 3.21. The number of rotatable bonds is 4. The summed E-state index contributed by atoms with van der Waals surface area (Å²) in [5, 5.41) is 4.67. The molecular formula is C23H27F3N4O4S. The SMILES string of the molecule is O=C(c1nn(C2CCCN(CCC(F)(F)F)C2)c2c1CS(=O)(=O)c1ccccc1-2)N1CCOCC1. The third-order valence-electron chi connectivity index (χ3n) is 6.86. The van der Waals surface area contributed by atoms with Gasteiger partial charge in [0.05, 0.1) is 42.0 Å². The Bertz CT molecular complexity index is 1220. The van der Waals surface area contributed by atoms with E-state index >= 15 is 0 Å². The number of aromatic nitrogens is 2. The zero-order chi connectivity index (χ0) is 24.8. The summed E-state index contributed by atoms with van der Waals surface area (Å²) in [4.78, 5) is 17.0. The van der Waals surface area contributed by atoms with Crippen molar-refractivity contribution in [2.45, 2.75) is 42.1 Å². The first-order valence-corrected chi connectivity index (χ1v) is 13.4. The first-order valence-electron chi connectivity index (χ1n) is 11.7. The van der Waals surface area contributed by atoms with Gasteiger partial charge in [-0.25, -0.2) is 8.42 Å². The van der Waals surface area contributed by atoms with Crippen LogP contribution in [0.3, 0.4) is 0 Å². The lowest BCUT2D eigenvalue weighted by atomic mass is 10.0. The topological polar surface area (TPSA) is 84.7 Å². The molecule has 5 rings (SSSR count). The van der Waals surface area contributed by atoms with Gasteiger partial charge in [0.25, 0.3) is 5.91 Å². The van der Waals surface area contributed by atoms with E-state index in [1.807, 2.05) is 0 Å². The zero-order valence-electron chi connectivity index (χ0n) is 19.1. The van der Waals surface area contributed by atoms with E-state index in [0.29, 0.717) is 69.1 Å². The molecule has 3 aliphatic rings. The Morgan fingerprint density at radius 1 is 1.14 bits per heavy atom. The highest BCUT2D eigenvalue weighted by molar-refractivity contribution is 7.90. The number of fused-ring (bicyclic) bond motifs is 3. The minimum atomic E-state index is -4.23. The van der Waals surface area contributed by atoms with Crippen molar-refractivity contribution in [3.63, 3.8) is 0 Å². The van der Waals surface area contributed by atoms with Gasteiger partial charge in [-0.15, -0.1) is 0 Å². The molecule has 0 bridgehead atoms. The molecule has 0 radical (unpaired) electrons. The summed E-state index contributed by atoms with van der Waals surface area (Å²) in [6.45, 7) is 2.37. The maximum atomic E-state index is 13.4. The van der Waals surface area contributed by atoms with Crippen molar-refractivity contribution in [3.05, 3.63) is 35.5 Å². The first kappa shape index (κ1) is 24.3. The van der Waals surface area contributed by atoms with Gasteiger partial charge in [0.2, 0.25) is 0 Å². The first-order chi connectivity index (χ1) is 16.6. The Kier molecular flexibility index (Phi) is 6.39. The number of carbonyl (C=O) groups is 1. The number of alkyl halides is 3. The molecule has 3 aliphatic heterocycles. The zero-order valence-corrected chi connectivity index (χ0v) is 19.9. The molecule has 2 aromatic rings. The molecule has 8 nitrogen and oxygen atoms in total. The van der Waals surface area contributed by atoms with Gasteiger partial charge in [-0.1, -0.05) is 18.2 Å². The van der Waals surface area contributed by atoms with Gasteiger partial charge >= 0.3 is 6.18 Å². The molecule has 0 aliphatic carbocycles. The van der Waals surface area contributed by atoms with E-state index in [2.05, 4.69) is 5.10 Å². The summed E-state index contributed by atoms with van der Waals surface area (Å²) >= 11 is 0. The van der Waals surface area contributed by atoms with E-state index in [9.17, 15) is 26.4 Å². The number of benzene rings is 1. The monoisotopic (exact) mass is 512 g/mol. The summed E-state index contributed by atoms with van der Waals surface area (Å²) < 4.78 is 71.7. The molecule has 4 heterocycles. The maximum Gasteiger partial charge on any atom is 0.390 e. The fourth-order valence-electron chi connectivity index (χ4n) is 5.16.